The van der Waals surface area contributed by atoms with Crippen LogP contribution in [0.4, 0.5) is 4.39 Å². The minimum absolute atomic E-state index is 0. The van der Waals surface area contributed by atoms with Crippen molar-refractivity contribution in [3.63, 3.8) is 0 Å². The predicted molar refractivity (Wildman–Crippen MR) is 79.7 cm³/mol. The Morgan fingerprint density at radius 1 is 1.10 bits per heavy atom. The van der Waals surface area contributed by atoms with Crippen LogP contribution in [0.25, 0.3) is 0 Å². The van der Waals surface area contributed by atoms with Crippen LogP contribution in [0, 0.1) is 5.82 Å². The number of nitrogens with zero attached hydrogens (tertiary/aromatic N) is 1. The van der Waals surface area contributed by atoms with E-state index < -0.39 is 0 Å². The second-order valence-electron chi connectivity index (χ2n) is 4.17. The van der Waals surface area contributed by atoms with Crippen LogP contribution < -0.4 is 10.1 Å². The van der Waals surface area contributed by atoms with Crippen molar-refractivity contribution in [3.05, 3.63) is 60.0 Å². The fraction of sp³-hybridized carbons (Fsp3) is 0.267. The molecule has 0 aliphatic carbocycles. The van der Waals surface area contributed by atoms with Gasteiger partial charge in [0.1, 0.15) is 5.82 Å². The van der Waals surface area contributed by atoms with Gasteiger partial charge in [-0.25, -0.2) is 9.37 Å². The maximum atomic E-state index is 12.7. The average molecular weight is 297 g/mol. The molecule has 0 aliphatic heterocycles. The van der Waals surface area contributed by atoms with Gasteiger partial charge < -0.3 is 10.1 Å². The van der Waals surface area contributed by atoms with E-state index >= 15 is 0 Å². The molecule has 0 unspecified atom stereocenters. The second kappa shape index (κ2) is 9.28. The van der Waals surface area contributed by atoms with Crippen molar-refractivity contribution in [2.24, 2.45) is 0 Å². The molecule has 20 heavy (non-hydrogen) atoms. The maximum absolute atomic E-state index is 12.7. The summed E-state index contributed by atoms with van der Waals surface area (Å²) in [6.07, 6.45) is 2.61. The molecule has 1 aromatic carbocycles. The molecule has 0 aliphatic rings. The minimum Gasteiger partial charge on any atom is -0.478 e. The maximum Gasteiger partial charge on any atom is 0.213 e. The molecule has 3 nitrogen and oxygen atoms in total. The molecular formula is C15H18ClFN2O. The summed E-state index contributed by atoms with van der Waals surface area (Å²) in [6, 6.07) is 12.1. The zero-order valence-electron chi connectivity index (χ0n) is 11.1. The minimum atomic E-state index is -0.201. The van der Waals surface area contributed by atoms with Gasteiger partial charge in [0.25, 0.3) is 0 Å². The Bertz CT molecular complexity index is 479. The van der Waals surface area contributed by atoms with Gasteiger partial charge in [0, 0.05) is 18.8 Å². The lowest BCUT2D eigenvalue weighted by Crippen LogP contribution is -2.17. The van der Waals surface area contributed by atoms with Crippen LogP contribution in [0.3, 0.4) is 0 Å². The van der Waals surface area contributed by atoms with Gasteiger partial charge in [0.2, 0.25) is 5.88 Å². The molecule has 0 spiro atoms. The summed E-state index contributed by atoms with van der Waals surface area (Å²) in [4.78, 5) is 4.07. The van der Waals surface area contributed by atoms with Crippen LogP contribution in [0.5, 0.6) is 5.88 Å². The third-order valence-corrected chi connectivity index (χ3v) is 2.63. The number of pyridine rings is 1. The van der Waals surface area contributed by atoms with Crippen molar-refractivity contribution >= 4 is 12.4 Å². The van der Waals surface area contributed by atoms with E-state index in [1.807, 2.05) is 18.2 Å². The molecule has 1 heterocycles. The number of aromatic nitrogens is 1. The normalized spacial score (nSPS) is 9.85. The number of halogens is 2. The number of rotatable bonds is 7. The van der Waals surface area contributed by atoms with Crippen LogP contribution in [0.1, 0.15) is 12.0 Å². The Balaban J connectivity index is 0.00000200. The number of ether oxygens (including phenoxy) is 1. The summed E-state index contributed by atoms with van der Waals surface area (Å²) in [5, 5.41) is 3.28. The van der Waals surface area contributed by atoms with Crippen molar-refractivity contribution < 1.29 is 9.13 Å². The first kappa shape index (κ1) is 16.4. The summed E-state index contributed by atoms with van der Waals surface area (Å²) in [5.41, 5.74) is 1.08. The molecule has 0 amide bonds. The molecule has 0 atom stereocenters. The highest BCUT2D eigenvalue weighted by molar-refractivity contribution is 5.85. The van der Waals surface area contributed by atoms with Crippen LogP contribution >= 0.6 is 12.4 Å². The van der Waals surface area contributed by atoms with E-state index in [1.165, 1.54) is 12.1 Å². The lowest BCUT2D eigenvalue weighted by molar-refractivity contribution is 0.296. The lowest BCUT2D eigenvalue weighted by atomic mass is 10.2. The van der Waals surface area contributed by atoms with Gasteiger partial charge in [0.05, 0.1) is 6.61 Å². The van der Waals surface area contributed by atoms with Crippen molar-refractivity contribution in [3.8, 4) is 5.88 Å². The highest BCUT2D eigenvalue weighted by atomic mass is 35.5. The molecule has 108 valence electrons. The molecule has 1 N–H and O–H groups in total. The van der Waals surface area contributed by atoms with Crippen molar-refractivity contribution in [2.45, 2.75) is 13.0 Å². The molecule has 0 saturated heterocycles. The summed E-state index contributed by atoms with van der Waals surface area (Å²) in [7, 11) is 0. The fourth-order valence-electron chi connectivity index (χ4n) is 1.64. The van der Waals surface area contributed by atoms with Crippen molar-refractivity contribution in [1.82, 2.24) is 10.3 Å². The second-order valence-corrected chi connectivity index (χ2v) is 4.17. The third kappa shape index (κ3) is 5.99. The van der Waals surface area contributed by atoms with E-state index in [2.05, 4.69) is 10.3 Å². The monoisotopic (exact) mass is 296 g/mol. The first-order chi connectivity index (χ1) is 9.34. The predicted octanol–water partition coefficient (Wildman–Crippen LogP) is 3.20. The lowest BCUT2D eigenvalue weighted by Gasteiger charge is -2.06. The Morgan fingerprint density at radius 2 is 1.90 bits per heavy atom. The largest absolute Gasteiger partial charge is 0.478 e. The van der Waals surface area contributed by atoms with E-state index in [-0.39, 0.29) is 18.2 Å². The van der Waals surface area contributed by atoms with Gasteiger partial charge in [-0.3, -0.25) is 0 Å². The molecule has 1 aromatic heterocycles. The smallest absolute Gasteiger partial charge is 0.213 e. The summed E-state index contributed by atoms with van der Waals surface area (Å²) in [6.45, 7) is 2.22. The molecule has 2 aromatic rings. The molecule has 5 heteroatoms. The molecular weight excluding hydrogens is 279 g/mol. The van der Waals surface area contributed by atoms with Crippen LogP contribution in [-0.2, 0) is 6.54 Å². The van der Waals surface area contributed by atoms with Gasteiger partial charge in [-0.15, -0.1) is 12.4 Å². The van der Waals surface area contributed by atoms with Gasteiger partial charge in [0.15, 0.2) is 0 Å². The van der Waals surface area contributed by atoms with E-state index in [9.17, 15) is 4.39 Å². The molecule has 0 radical (unpaired) electrons. The highest BCUT2D eigenvalue weighted by Crippen LogP contribution is 2.04. The van der Waals surface area contributed by atoms with E-state index in [0.29, 0.717) is 12.5 Å². The number of benzene rings is 1. The highest BCUT2D eigenvalue weighted by Gasteiger charge is 1.95. The fourth-order valence-corrected chi connectivity index (χ4v) is 1.64. The van der Waals surface area contributed by atoms with Crippen LogP contribution in [0.2, 0.25) is 0 Å². The van der Waals surface area contributed by atoms with Crippen molar-refractivity contribution in [2.75, 3.05) is 13.2 Å². The summed E-state index contributed by atoms with van der Waals surface area (Å²) in [5.74, 6) is 0.452. The van der Waals surface area contributed by atoms with Gasteiger partial charge >= 0.3 is 0 Å². The Hall–Kier alpha value is -1.65. The number of hydrogen-bond acceptors (Lipinski definition) is 3. The first-order valence-corrected chi connectivity index (χ1v) is 6.33. The molecule has 0 fully saturated rings. The molecule has 0 saturated carbocycles. The van der Waals surface area contributed by atoms with Crippen LogP contribution in [0.15, 0.2) is 48.7 Å². The van der Waals surface area contributed by atoms with Crippen LogP contribution in [-0.4, -0.2) is 18.1 Å². The Morgan fingerprint density at radius 3 is 2.60 bits per heavy atom. The molecule has 0 bridgehead atoms. The van der Waals surface area contributed by atoms with Gasteiger partial charge in [-0.1, -0.05) is 18.2 Å². The Labute approximate surface area is 124 Å². The number of hydrogen-bond donors (Lipinski definition) is 1. The van der Waals surface area contributed by atoms with Gasteiger partial charge in [-0.2, -0.15) is 0 Å². The standard InChI is InChI=1S/C15H17FN2O.ClH/c16-14-7-5-13(6-8-14)12-17-9-3-11-19-15-4-1-2-10-18-15;/h1-2,4-8,10,17H,3,9,11-12H2;1H. The average Bonchev–Trinajstić information content (AvgIpc) is 2.46. The molecule has 2 rings (SSSR count). The zero-order chi connectivity index (χ0) is 13.3. The first-order valence-electron chi connectivity index (χ1n) is 6.33. The third-order valence-electron chi connectivity index (χ3n) is 2.63. The van der Waals surface area contributed by atoms with E-state index in [4.69, 9.17) is 4.74 Å². The van der Waals surface area contributed by atoms with Crippen molar-refractivity contribution in [1.29, 1.82) is 0 Å². The quantitative estimate of drug-likeness (QED) is 0.797. The summed E-state index contributed by atoms with van der Waals surface area (Å²) >= 11 is 0. The topological polar surface area (TPSA) is 34.1 Å². The zero-order valence-corrected chi connectivity index (χ0v) is 11.9. The SMILES string of the molecule is Cl.Fc1ccc(CNCCCOc2ccccn2)cc1. The number of nitrogens with one attached hydrogen (secondary N) is 1. The van der Waals surface area contributed by atoms with E-state index in [1.54, 1.807) is 18.3 Å². The summed E-state index contributed by atoms with van der Waals surface area (Å²) < 4.78 is 18.2. The Kier molecular flexibility index (Phi) is 7.62. The van der Waals surface area contributed by atoms with Gasteiger partial charge in [-0.05, 0) is 36.7 Å². The van der Waals surface area contributed by atoms with E-state index in [0.717, 1.165) is 25.1 Å².